The van der Waals surface area contributed by atoms with Crippen LogP contribution in [0.4, 0.5) is 0 Å². The van der Waals surface area contributed by atoms with Gasteiger partial charge < -0.3 is 19.6 Å². The van der Waals surface area contributed by atoms with Crippen LogP contribution >= 0.6 is 11.6 Å². The molecule has 1 N–H and O–H groups in total. The van der Waals surface area contributed by atoms with Crippen LogP contribution < -0.4 is 9.84 Å². The molecule has 5 heteroatoms. The second kappa shape index (κ2) is 8.41. The highest BCUT2D eigenvalue weighted by Gasteiger charge is 2.19. The monoisotopic (exact) mass is 404 g/mol. The van der Waals surface area contributed by atoms with Crippen LogP contribution in [0.2, 0.25) is 5.02 Å². The molecule has 0 aliphatic carbocycles. The molecule has 4 aromatic rings. The van der Waals surface area contributed by atoms with Gasteiger partial charge in [0.15, 0.2) is 0 Å². The number of H-pyrrole nitrogens is 1. The molecule has 0 aliphatic rings. The normalized spacial score (nSPS) is 12.0. The van der Waals surface area contributed by atoms with Gasteiger partial charge in [-0.05, 0) is 53.4 Å². The summed E-state index contributed by atoms with van der Waals surface area (Å²) in [6, 6.07) is 23.0. The van der Waals surface area contributed by atoms with Crippen LogP contribution in [0.25, 0.3) is 10.9 Å². The van der Waals surface area contributed by atoms with Gasteiger partial charge >= 0.3 is 0 Å². The van der Waals surface area contributed by atoms with E-state index in [4.69, 9.17) is 16.3 Å². The Morgan fingerprint density at radius 2 is 1.86 bits per heavy atom. The van der Waals surface area contributed by atoms with E-state index in [2.05, 4.69) is 4.98 Å². The lowest BCUT2D eigenvalue weighted by Crippen LogP contribution is -2.24. The summed E-state index contributed by atoms with van der Waals surface area (Å²) in [5, 5.41) is 13.0. The van der Waals surface area contributed by atoms with E-state index in [9.17, 15) is 9.90 Å². The average molecular weight is 405 g/mol. The number of hydrogen-bond donors (Lipinski definition) is 1. The number of carbonyl (C=O) groups is 1. The number of ether oxygens (including phenoxy) is 1. The lowest BCUT2D eigenvalue weighted by atomic mass is 9.88. The SMILES string of the molecule is O=C([O-])C[C@@H](c1cccc(OCc2ccccc2)c1)c1c[nH]c2ccc(Cl)cc12. The maximum Gasteiger partial charge on any atom is 0.120 e. The fraction of sp³-hybridized carbons (Fsp3) is 0.125. The third-order valence-corrected chi connectivity index (χ3v) is 5.17. The van der Waals surface area contributed by atoms with Crippen LogP contribution in [-0.4, -0.2) is 11.0 Å². The van der Waals surface area contributed by atoms with Crippen LogP contribution in [-0.2, 0) is 11.4 Å². The second-order valence-electron chi connectivity index (χ2n) is 6.91. The predicted octanol–water partition coefficient (Wildman–Crippen LogP) is 4.67. The fourth-order valence-electron chi connectivity index (χ4n) is 3.54. The van der Waals surface area contributed by atoms with E-state index in [-0.39, 0.29) is 12.3 Å². The Balaban J connectivity index is 1.66. The lowest BCUT2D eigenvalue weighted by Gasteiger charge is -2.19. The summed E-state index contributed by atoms with van der Waals surface area (Å²) in [7, 11) is 0. The van der Waals surface area contributed by atoms with Crippen molar-refractivity contribution < 1.29 is 14.6 Å². The van der Waals surface area contributed by atoms with Crippen molar-refractivity contribution in [3.63, 3.8) is 0 Å². The van der Waals surface area contributed by atoms with Gasteiger partial charge in [-0.15, -0.1) is 0 Å². The number of rotatable bonds is 7. The van der Waals surface area contributed by atoms with Crippen molar-refractivity contribution in [2.45, 2.75) is 18.9 Å². The van der Waals surface area contributed by atoms with E-state index >= 15 is 0 Å². The molecule has 0 fully saturated rings. The van der Waals surface area contributed by atoms with Gasteiger partial charge in [0.2, 0.25) is 0 Å². The molecule has 4 rings (SSSR count). The van der Waals surface area contributed by atoms with E-state index in [1.54, 1.807) is 6.07 Å². The van der Waals surface area contributed by atoms with Crippen molar-refractivity contribution >= 4 is 28.5 Å². The van der Waals surface area contributed by atoms with Crippen LogP contribution in [0, 0.1) is 0 Å². The zero-order valence-electron chi connectivity index (χ0n) is 15.6. The number of nitrogens with one attached hydrogen (secondary N) is 1. The Morgan fingerprint density at radius 3 is 2.66 bits per heavy atom. The molecule has 1 aromatic heterocycles. The molecular formula is C24H19ClNO3-. The number of hydrogen-bond acceptors (Lipinski definition) is 3. The van der Waals surface area contributed by atoms with Crippen LogP contribution in [0.15, 0.2) is 79.0 Å². The van der Waals surface area contributed by atoms with Crippen LogP contribution in [0.1, 0.15) is 29.0 Å². The summed E-state index contributed by atoms with van der Waals surface area (Å²) in [6.45, 7) is 0.443. The largest absolute Gasteiger partial charge is 0.550 e. The van der Waals surface area contributed by atoms with E-state index in [1.807, 2.05) is 72.9 Å². The van der Waals surface area contributed by atoms with Gasteiger partial charge in [0, 0.05) is 34.0 Å². The minimum absolute atomic E-state index is 0.137. The van der Waals surface area contributed by atoms with E-state index in [0.717, 1.165) is 27.6 Å². The molecule has 0 saturated heterocycles. The van der Waals surface area contributed by atoms with Crippen molar-refractivity contribution in [1.29, 1.82) is 0 Å². The molecular weight excluding hydrogens is 386 g/mol. The first kappa shape index (κ1) is 19.1. The molecule has 0 unspecified atom stereocenters. The predicted molar refractivity (Wildman–Crippen MR) is 112 cm³/mol. The second-order valence-corrected chi connectivity index (χ2v) is 7.35. The third kappa shape index (κ3) is 4.44. The van der Waals surface area contributed by atoms with Crippen LogP contribution in [0.5, 0.6) is 5.75 Å². The lowest BCUT2D eigenvalue weighted by molar-refractivity contribution is -0.305. The summed E-state index contributed by atoms with van der Waals surface area (Å²) >= 11 is 6.17. The van der Waals surface area contributed by atoms with Crippen molar-refractivity contribution in [2.75, 3.05) is 0 Å². The minimum atomic E-state index is -1.11. The van der Waals surface area contributed by atoms with Gasteiger partial charge in [-0.25, -0.2) is 0 Å². The van der Waals surface area contributed by atoms with E-state index < -0.39 is 5.97 Å². The van der Waals surface area contributed by atoms with Gasteiger partial charge in [-0.3, -0.25) is 0 Å². The Morgan fingerprint density at radius 1 is 1.03 bits per heavy atom. The highest BCUT2D eigenvalue weighted by Crippen LogP contribution is 2.35. The molecule has 0 radical (unpaired) electrons. The topological polar surface area (TPSA) is 65.2 Å². The first-order chi connectivity index (χ1) is 14.1. The van der Waals surface area contributed by atoms with Crippen molar-refractivity contribution in [3.05, 3.63) is 101 Å². The van der Waals surface area contributed by atoms with Gasteiger partial charge in [-0.1, -0.05) is 54.1 Å². The average Bonchev–Trinajstić information content (AvgIpc) is 3.14. The Labute approximate surface area is 173 Å². The molecule has 1 atom stereocenters. The number of aromatic amines is 1. The number of carbonyl (C=O) groups excluding carboxylic acids is 1. The molecule has 4 nitrogen and oxygen atoms in total. The number of aromatic nitrogens is 1. The standard InChI is InChI=1S/C24H20ClNO3/c25-18-9-10-23-21(12-18)22(14-26-23)20(13-24(27)28)17-7-4-8-19(11-17)29-15-16-5-2-1-3-6-16/h1-12,14,20,26H,13,15H2,(H,27,28)/p-1/t20-/m0/s1. The number of carboxylic acids is 1. The number of aliphatic carboxylic acids is 1. The zero-order chi connectivity index (χ0) is 20.2. The maximum absolute atomic E-state index is 11.5. The van der Waals surface area contributed by atoms with Gasteiger partial charge in [0.1, 0.15) is 12.4 Å². The highest BCUT2D eigenvalue weighted by atomic mass is 35.5. The fourth-order valence-corrected chi connectivity index (χ4v) is 3.71. The summed E-state index contributed by atoms with van der Waals surface area (Å²) < 4.78 is 5.92. The number of benzene rings is 3. The van der Waals surface area contributed by atoms with E-state index in [0.29, 0.717) is 17.4 Å². The number of halogens is 1. The third-order valence-electron chi connectivity index (χ3n) is 4.93. The summed E-state index contributed by atoms with van der Waals surface area (Å²) in [6.07, 6.45) is 1.70. The van der Waals surface area contributed by atoms with Crippen LogP contribution in [0.3, 0.4) is 0 Å². The maximum atomic E-state index is 11.5. The summed E-state index contributed by atoms with van der Waals surface area (Å²) in [5.41, 5.74) is 3.69. The van der Waals surface area contributed by atoms with Crippen molar-refractivity contribution in [3.8, 4) is 5.75 Å². The Hall–Kier alpha value is -3.24. The van der Waals surface area contributed by atoms with Crippen molar-refractivity contribution in [1.82, 2.24) is 4.98 Å². The Bertz CT molecular complexity index is 1140. The van der Waals surface area contributed by atoms with Gasteiger partial charge in [0.05, 0.1) is 0 Å². The quantitative estimate of drug-likeness (QED) is 0.486. The summed E-state index contributed by atoms with van der Waals surface area (Å²) in [5.74, 6) is -0.804. The molecule has 29 heavy (non-hydrogen) atoms. The van der Waals surface area contributed by atoms with E-state index in [1.165, 1.54) is 0 Å². The molecule has 0 spiro atoms. The first-order valence-electron chi connectivity index (χ1n) is 9.33. The Kier molecular flexibility index (Phi) is 5.54. The van der Waals surface area contributed by atoms with Crippen molar-refractivity contribution in [2.24, 2.45) is 0 Å². The zero-order valence-corrected chi connectivity index (χ0v) is 16.4. The smallest absolute Gasteiger partial charge is 0.120 e. The minimum Gasteiger partial charge on any atom is -0.550 e. The molecule has 0 bridgehead atoms. The number of carboxylic acid groups (broad SMARTS) is 1. The molecule has 0 aliphatic heterocycles. The number of fused-ring (bicyclic) bond motifs is 1. The van der Waals surface area contributed by atoms with Gasteiger partial charge in [0.25, 0.3) is 0 Å². The summed E-state index contributed by atoms with van der Waals surface area (Å²) in [4.78, 5) is 14.7. The molecule has 0 amide bonds. The molecule has 1 heterocycles. The van der Waals surface area contributed by atoms with Gasteiger partial charge in [-0.2, -0.15) is 0 Å². The first-order valence-corrected chi connectivity index (χ1v) is 9.71. The highest BCUT2D eigenvalue weighted by molar-refractivity contribution is 6.31. The molecule has 3 aromatic carbocycles. The molecule has 0 saturated carbocycles. The molecule has 146 valence electrons.